The van der Waals surface area contributed by atoms with Gasteiger partial charge in [0, 0.05) is 38.0 Å². The molecule has 0 saturated heterocycles. The van der Waals surface area contributed by atoms with Crippen LogP contribution in [0.2, 0.25) is 0 Å². The van der Waals surface area contributed by atoms with E-state index in [0.29, 0.717) is 13.1 Å². The van der Waals surface area contributed by atoms with E-state index in [1.807, 2.05) is 24.3 Å². The molecule has 0 aliphatic carbocycles. The maximum absolute atomic E-state index is 4.62. The minimum absolute atomic E-state index is 0.649. The van der Waals surface area contributed by atoms with Gasteiger partial charge in [0.05, 0.1) is 12.1 Å². The minimum atomic E-state index is 0.649. The molecule has 0 fully saturated rings. The Bertz CT molecular complexity index is 902. The molecule has 3 N–H and O–H groups in total. The molecule has 0 unspecified atom stereocenters. The zero-order valence-electron chi connectivity index (χ0n) is 16.5. The first-order valence-electron chi connectivity index (χ1n) is 9.78. The van der Waals surface area contributed by atoms with Gasteiger partial charge < -0.3 is 20.5 Å². The molecule has 1 aromatic carbocycles. The molecule has 2 heterocycles. The lowest BCUT2D eigenvalue weighted by Crippen LogP contribution is -2.39. The lowest BCUT2D eigenvalue weighted by atomic mass is 10.2. The van der Waals surface area contributed by atoms with Gasteiger partial charge >= 0.3 is 0 Å². The van der Waals surface area contributed by atoms with E-state index in [1.165, 1.54) is 0 Å². The molecule has 28 heavy (non-hydrogen) atoms. The number of aryl methyl sites for hydroxylation is 1. The van der Waals surface area contributed by atoms with Crippen molar-refractivity contribution in [2.75, 3.05) is 31.5 Å². The van der Waals surface area contributed by atoms with Crippen LogP contribution in [0.5, 0.6) is 0 Å². The predicted molar refractivity (Wildman–Crippen MR) is 114 cm³/mol. The fourth-order valence-corrected chi connectivity index (χ4v) is 2.89. The number of rotatable bonds is 9. The molecule has 0 radical (unpaired) electrons. The van der Waals surface area contributed by atoms with Crippen molar-refractivity contribution in [1.29, 1.82) is 0 Å². The van der Waals surface area contributed by atoms with Gasteiger partial charge in [-0.3, -0.25) is 4.99 Å². The predicted octanol–water partition coefficient (Wildman–Crippen LogP) is 2.06. The quantitative estimate of drug-likeness (QED) is 0.299. The third kappa shape index (κ3) is 5.42. The van der Waals surface area contributed by atoms with Crippen molar-refractivity contribution in [1.82, 2.24) is 30.4 Å². The van der Waals surface area contributed by atoms with Crippen LogP contribution in [0.15, 0.2) is 47.7 Å². The Hall–Kier alpha value is -3.16. The summed E-state index contributed by atoms with van der Waals surface area (Å²) in [5.41, 5.74) is 0.992. The summed E-state index contributed by atoms with van der Waals surface area (Å²) < 4.78 is 2.06. The average Bonchev–Trinajstić information content (AvgIpc) is 3.18. The Labute approximate surface area is 165 Å². The first kappa shape index (κ1) is 19.6. The van der Waals surface area contributed by atoms with Gasteiger partial charge in [-0.15, -0.1) is 10.2 Å². The van der Waals surface area contributed by atoms with Gasteiger partial charge in [-0.25, -0.2) is 4.98 Å². The molecule has 8 heteroatoms. The van der Waals surface area contributed by atoms with Crippen molar-refractivity contribution < 1.29 is 0 Å². The summed E-state index contributed by atoms with van der Waals surface area (Å²) in [5, 5.41) is 19.2. The Morgan fingerprint density at radius 1 is 1.07 bits per heavy atom. The molecular formula is C20H28N8. The third-order valence-corrected chi connectivity index (χ3v) is 4.29. The number of aliphatic imine (C=N–C) groups is 1. The molecule has 0 amide bonds. The van der Waals surface area contributed by atoms with E-state index in [9.17, 15) is 0 Å². The minimum Gasteiger partial charge on any atom is -0.368 e. The summed E-state index contributed by atoms with van der Waals surface area (Å²) in [6.45, 7) is 7.89. The number of pyridine rings is 1. The van der Waals surface area contributed by atoms with Gasteiger partial charge in [0.15, 0.2) is 5.96 Å². The number of aromatic nitrogens is 4. The van der Waals surface area contributed by atoms with Crippen molar-refractivity contribution in [3.8, 4) is 0 Å². The Balaban J connectivity index is 1.46. The molecule has 148 valence electrons. The zero-order chi connectivity index (χ0) is 19.6. The van der Waals surface area contributed by atoms with Gasteiger partial charge in [0.2, 0.25) is 0 Å². The third-order valence-electron chi connectivity index (χ3n) is 4.29. The molecule has 0 spiro atoms. The van der Waals surface area contributed by atoms with Crippen LogP contribution in [0.3, 0.4) is 0 Å². The molecule has 0 bridgehead atoms. The average molecular weight is 381 g/mol. The molecule has 8 nitrogen and oxygen atoms in total. The lowest BCUT2D eigenvalue weighted by molar-refractivity contribution is 0.633. The van der Waals surface area contributed by atoms with Gasteiger partial charge in [-0.05, 0) is 25.1 Å². The highest BCUT2D eigenvalue weighted by molar-refractivity contribution is 5.80. The Kier molecular flexibility index (Phi) is 7.17. The number of fused-ring (bicyclic) bond motifs is 1. The van der Waals surface area contributed by atoms with Crippen LogP contribution >= 0.6 is 0 Å². The smallest absolute Gasteiger partial charge is 0.191 e. The first-order valence-corrected chi connectivity index (χ1v) is 9.78. The fourth-order valence-electron chi connectivity index (χ4n) is 2.89. The van der Waals surface area contributed by atoms with E-state index < -0.39 is 0 Å². The van der Waals surface area contributed by atoms with Gasteiger partial charge in [-0.2, -0.15) is 0 Å². The number of hydrogen-bond acceptors (Lipinski definition) is 5. The van der Waals surface area contributed by atoms with Crippen LogP contribution in [0.1, 0.15) is 19.7 Å². The van der Waals surface area contributed by atoms with Crippen LogP contribution in [0.4, 0.5) is 5.82 Å². The van der Waals surface area contributed by atoms with E-state index in [1.54, 1.807) is 6.33 Å². The molecule has 0 atom stereocenters. The fraction of sp³-hybridized carbons (Fsp3) is 0.400. The highest BCUT2D eigenvalue weighted by Gasteiger charge is 2.02. The SMILES string of the molecule is CCNC(=NCCNc1ccc2ccccc2n1)NCCn1cnnc1CC. The number of nitrogens with zero attached hydrogens (tertiary/aromatic N) is 5. The summed E-state index contributed by atoms with van der Waals surface area (Å²) in [5.74, 6) is 2.67. The normalized spacial score (nSPS) is 11.6. The maximum atomic E-state index is 4.62. The summed E-state index contributed by atoms with van der Waals surface area (Å²) >= 11 is 0. The van der Waals surface area contributed by atoms with Crippen LogP contribution in [-0.2, 0) is 13.0 Å². The van der Waals surface area contributed by atoms with Crippen molar-refractivity contribution in [3.05, 3.63) is 48.5 Å². The van der Waals surface area contributed by atoms with Gasteiger partial charge in [0.25, 0.3) is 0 Å². The topological polar surface area (TPSA) is 92.1 Å². The van der Waals surface area contributed by atoms with E-state index in [0.717, 1.165) is 54.6 Å². The summed E-state index contributed by atoms with van der Waals surface area (Å²) in [6.07, 6.45) is 2.65. The van der Waals surface area contributed by atoms with Crippen LogP contribution in [-0.4, -0.2) is 51.9 Å². The van der Waals surface area contributed by atoms with E-state index >= 15 is 0 Å². The number of benzene rings is 1. The second kappa shape index (κ2) is 10.2. The Morgan fingerprint density at radius 3 is 2.82 bits per heavy atom. The first-order chi connectivity index (χ1) is 13.8. The zero-order valence-corrected chi connectivity index (χ0v) is 16.5. The van der Waals surface area contributed by atoms with Crippen LogP contribution in [0, 0.1) is 0 Å². The summed E-state index contributed by atoms with van der Waals surface area (Å²) in [7, 11) is 0. The van der Waals surface area contributed by atoms with E-state index in [-0.39, 0.29) is 0 Å². The van der Waals surface area contributed by atoms with Crippen molar-refractivity contribution in [2.45, 2.75) is 26.8 Å². The van der Waals surface area contributed by atoms with Crippen molar-refractivity contribution in [2.24, 2.45) is 4.99 Å². The monoisotopic (exact) mass is 380 g/mol. The van der Waals surface area contributed by atoms with Crippen LogP contribution in [0.25, 0.3) is 10.9 Å². The highest BCUT2D eigenvalue weighted by Crippen LogP contribution is 2.14. The van der Waals surface area contributed by atoms with Crippen LogP contribution < -0.4 is 16.0 Å². The molecule has 0 aliphatic rings. The standard InChI is InChI=1S/C20H28N8/c1-3-19-27-25-15-28(19)14-13-24-20(21-4-2)23-12-11-22-18-10-9-16-7-5-6-8-17(16)26-18/h5-10,15H,3-4,11-14H2,1-2H3,(H,22,26)(H2,21,23,24). The molecular weight excluding hydrogens is 352 g/mol. The molecule has 3 aromatic rings. The second-order valence-corrected chi connectivity index (χ2v) is 6.30. The van der Waals surface area contributed by atoms with Crippen molar-refractivity contribution in [3.63, 3.8) is 0 Å². The maximum Gasteiger partial charge on any atom is 0.191 e. The van der Waals surface area contributed by atoms with Crippen molar-refractivity contribution >= 4 is 22.7 Å². The van der Waals surface area contributed by atoms with E-state index in [4.69, 9.17) is 0 Å². The molecule has 3 rings (SSSR count). The summed E-state index contributed by atoms with van der Waals surface area (Å²) in [6, 6.07) is 12.2. The number of hydrogen-bond donors (Lipinski definition) is 3. The number of guanidine groups is 1. The van der Waals surface area contributed by atoms with Gasteiger partial charge in [0.1, 0.15) is 18.0 Å². The largest absolute Gasteiger partial charge is 0.368 e. The summed E-state index contributed by atoms with van der Waals surface area (Å²) in [4.78, 5) is 9.23. The second-order valence-electron chi connectivity index (χ2n) is 6.30. The Morgan fingerprint density at radius 2 is 1.96 bits per heavy atom. The number of anilines is 1. The number of nitrogens with one attached hydrogen (secondary N) is 3. The highest BCUT2D eigenvalue weighted by atomic mass is 15.3. The lowest BCUT2D eigenvalue weighted by Gasteiger charge is -2.12. The molecule has 0 aliphatic heterocycles. The molecule has 2 aromatic heterocycles. The van der Waals surface area contributed by atoms with Gasteiger partial charge in [-0.1, -0.05) is 25.1 Å². The number of para-hydroxylation sites is 1. The molecule has 0 saturated carbocycles. The van der Waals surface area contributed by atoms with E-state index in [2.05, 4.69) is 66.7 Å².